The Morgan fingerprint density at radius 3 is 2.83 bits per heavy atom. The van der Waals surface area contributed by atoms with Crippen molar-refractivity contribution in [2.45, 2.75) is 51.5 Å². The molecule has 0 spiro atoms. The van der Waals surface area contributed by atoms with Crippen LogP contribution in [0.2, 0.25) is 0 Å². The van der Waals surface area contributed by atoms with E-state index in [0.717, 1.165) is 30.7 Å². The van der Waals surface area contributed by atoms with Crippen molar-refractivity contribution in [2.75, 3.05) is 0 Å². The van der Waals surface area contributed by atoms with E-state index in [9.17, 15) is 4.79 Å². The quantitative estimate of drug-likeness (QED) is 0.849. The molecule has 1 aromatic rings. The first kappa shape index (κ1) is 11.8. The Balaban J connectivity index is 1.69. The Morgan fingerprint density at radius 1 is 1.22 bits per heavy atom. The molecule has 0 aromatic heterocycles. The minimum atomic E-state index is 0.115. The second kappa shape index (κ2) is 4.75. The van der Waals surface area contributed by atoms with Crippen molar-refractivity contribution in [3.63, 3.8) is 0 Å². The number of hydrogen-bond donors (Lipinski definition) is 1. The van der Waals surface area contributed by atoms with Gasteiger partial charge in [0.25, 0.3) is 5.91 Å². The highest BCUT2D eigenvalue weighted by molar-refractivity contribution is 5.94. The van der Waals surface area contributed by atoms with Crippen molar-refractivity contribution in [3.8, 4) is 0 Å². The van der Waals surface area contributed by atoms with Crippen molar-refractivity contribution >= 4 is 5.91 Å². The van der Waals surface area contributed by atoms with E-state index in [1.165, 1.54) is 30.4 Å². The van der Waals surface area contributed by atoms with E-state index in [2.05, 4.69) is 24.4 Å². The normalized spacial score (nSPS) is 26.1. The van der Waals surface area contributed by atoms with Crippen LogP contribution in [0.4, 0.5) is 0 Å². The fourth-order valence-electron chi connectivity index (χ4n) is 3.32. The molecule has 2 nitrogen and oxygen atoms in total. The van der Waals surface area contributed by atoms with E-state index in [1.807, 2.05) is 6.07 Å². The maximum Gasteiger partial charge on any atom is 0.251 e. The standard InChI is InChI=1S/C16H21NO/c1-11-5-8-15(9-11)17-16(18)14-7-6-12-3-2-4-13(12)10-14/h6-7,10-11,15H,2-5,8-9H2,1H3,(H,17,18). The summed E-state index contributed by atoms with van der Waals surface area (Å²) < 4.78 is 0. The summed E-state index contributed by atoms with van der Waals surface area (Å²) in [4.78, 5) is 12.2. The van der Waals surface area contributed by atoms with E-state index in [1.54, 1.807) is 0 Å². The molecule has 0 saturated heterocycles. The molecule has 3 rings (SSSR count). The van der Waals surface area contributed by atoms with E-state index in [4.69, 9.17) is 0 Å². The molecule has 2 atom stereocenters. The Bertz CT molecular complexity index is 466. The van der Waals surface area contributed by atoms with Gasteiger partial charge in [-0.3, -0.25) is 4.79 Å². The number of fused-ring (bicyclic) bond motifs is 1. The summed E-state index contributed by atoms with van der Waals surface area (Å²) in [6, 6.07) is 6.60. The van der Waals surface area contributed by atoms with Crippen LogP contribution in [-0.4, -0.2) is 11.9 Å². The molecular weight excluding hydrogens is 222 g/mol. The van der Waals surface area contributed by atoms with Crippen LogP contribution in [0.25, 0.3) is 0 Å². The Morgan fingerprint density at radius 2 is 2.06 bits per heavy atom. The average Bonchev–Trinajstić information content (AvgIpc) is 2.96. The lowest BCUT2D eigenvalue weighted by Crippen LogP contribution is -2.32. The molecule has 1 amide bonds. The van der Waals surface area contributed by atoms with Crippen LogP contribution in [0, 0.1) is 5.92 Å². The molecular formula is C16H21NO. The van der Waals surface area contributed by atoms with E-state index >= 15 is 0 Å². The maximum atomic E-state index is 12.2. The van der Waals surface area contributed by atoms with Gasteiger partial charge >= 0.3 is 0 Å². The summed E-state index contributed by atoms with van der Waals surface area (Å²) >= 11 is 0. The SMILES string of the molecule is CC1CCC(NC(=O)c2ccc3c(c2)CCC3)C1. The van der Waals surface area contributed by atoms with Crippen molar-refractivity contribution in [1.82, 2.24) is 5.32 Å². The summed E-state index contributed by atoms with van der Waals surface area (Å²) in [6.07, 6.45) is 7.07. The Labute approximate surface area is 109 Å². The monoisotopic (exact) mass is 243 g/mol. The molecule has 1 aromatic carbocycles. The van der Waals surface area contributed by atoms with Crippen LogP contribution in [0.3, 0.4) is 0 Å². The maximum absolute atomic E-state index is 12.2. The zero-order chi connectivity index (χ0) is 12.5. The predicted molar refractivity (Wildman–Crippen MR) is 72.7 cm³/mol. The van der Waals surface area contributed by atoms with Crippen LogP contribution < -0.4 is 5.32 Å². The van der Waals surface area contributed by atoms with Gasteiger partial charge in [0.05, 0.1) is 0 Å². The molecule has 1 fully saturated rings. The van der Waals surface area contributed by atoms with Crippen molar-refractivity contribution in [1.29, 1.82) is 0 Å². The van der Waals surface area contributed by atoms with Gasteiger partial charge < -0.3 is 5.32 Å². The van der Waals surface area contributed by atoms with Crippen LogP contribution in [0.1, 0.15) is 54.1 Å². The zero-order valence-corrected chi connectivity index (χ0v) is 11.0. The van der Waals surface area contributed by atoms with Gasteiger partial charge in [0, 0.05) is 11.6 Å². The molecule has 2 aliphatic carbocycles. The van der Waals surface area contributed by atoms with Gasteiger partial charge in [-0.2, -0.15) is 0 Å². The number of aryl methyl sites for hydroxylation is 2. The molecule has 0 bridgehead atoms. The average molecular weight is 243 g/mol. The number of carbonyl (C=O) groups is 1. The number of amides is 1. The molecule has 2 aliphatic rings. The third-order valence-electron chi connectivity index (χ3n) is 4.39. The van der Waals surface area contributed by atoms with Crippen molar-refractivity contribution < 1.29 is 4.79 Å². The van der Waals surface area contributed by atoms with Crippen LogP contribution in [0.5, 0.6) is 0 Å². The first-order chi connectivity index (χ1) is 8.72. The van der Waals surface area contributed by atoms with Gasteiger partial charge in [-0.25, -0.2) is 0 Å². The zero-order valence-electron chi connectivity index (χ0n) is 11.0. The van der Waals surface area contributed by atoms with Gasteiger partial charge in [0.15, 0.2) is 0 Å². The van der Waals surface area contributed by atoms with Crippen molar-refractivity contribution in [3.05, 3.63) is 34.9 Å². The number of hydrogen-bond acceptors (Lipinski definition) is 1. The lowest BCUT2D eigenvalue weighted by Gasteiger charge is -2.13. The minimum Gasteiger partial charge on any atom is -0.349 e. The van der Waals surface area contributed by atoms with Gasteiger partial charge in [-0.05, 0) is 67.7 Å². The number of carbonyl (C=O) groups excluding carboxylic acids is 1. The molecule has 96 valence electrons. The summed E-state index contributed by atoms with van der Waals surface area (Å²) in [5.41, 5.74) is 3.65. The minimum absolute atomic E-state index is 0.115. The Hall–Kier alpha value is -1.31. The van der Waals surface area contributed by atoms with Crippen LogP contribution in [0.15, 0.2) is 18.2 Å². The van der Waals surface area contributed by atoms with E-state index in [-0.39, 0.29) is 5.91 Å². The number of benzene rings is 1. The van der Waals surface area contributed by atoms with Crippen molar-refractivity contribution in [2.24, 2.45) is 5.92 Å². The second-order valence-electron chi connectivity index (χ2n) is 5.93. The van der Waals surface area contributed by atoms with Gasteiger partial charge in [0.1, 0.15) is 0 Å². The second-order valence-corrected chi connectivity index (χ2v) is 5.93. The highest BCUT2D eigenvalue weighted by Crippen LogP contribution is 2.26. The van der Waals surface area contributed by atoms with Gasteiger partial charge in [0.2, 0.25) is 0 Å². The van der Waals surface area contributed by atoms with Gasteiger partial charge in [-0.1, -0.05) is 13.0 Å². The first-order valence-corrected chi connectivity index (χ1v) is 7.15. The molecule has 1 saturated carbocycles. The molecule has 0 heterocycles. The highest BCUT2D eigenvalue weighted by atomic mass is 16.1. The number of rotatable bonds is 2. The van der Waals surface area contributed by atoms with Crippen LogP contribution in [-0.2, 0) is 12.8 Å². The smallest absolute Gasteiger partial charge is 0.251 e. The summed E-state index contributed by atoms with van der Waals surface area (Å²) in [6.45, 7) is 2.27. The third kappa shape index (κ3) is 2.29. The molecule has 2 heteroatoms. The fourth-order valence-corrected chi connectivity index (χ4v) is 3.32. The lowest BCUT2D eigenvalue weighted by atomic mass is 10.1. The largest absolute Gasteiger partial charge is 0.349 e. The molecule has 0 aliphatic heterocycles. The van der Waals surface area contributed by atoms with E-state index < -0.39 is 0 Å². The Kier molecular flexibility index (Phi) is 3.11. The molecule has 1 N–H and O–H groups in total. The molecule has 0 radical (unpaired) electrons. The summed E-state index contributed by atoms with van der Waals surface area (Å²) in [7, 11) is 0. The summed E-state index contributed by atoms with van der Waals surface area (Å²) in [5, 5.41) is 3.18. The van der Waals surface area contributed by atoms with E-state index in [0.29, 0.717) is 6.04 Å². The summed E-state index contributed by atoms with van der Waals surface area (Å²) in [5.74, 6) is 0.874. The third-order valence-corrected chi connectivity index (χ3v) is 4.39. The van der Waals surface area contributed by atoms with Gasteiger partial charge in [-0.15, -0.1) is 0 Å². The highest BCUT2D eigenvalue weighted by Gasteiger charge is 2.23. The van der Waals surface area contributed by atoms with Crippen LogP contribution >= 0.6 is 0 Å². The lowest BCUT2D eigenvalue weighted by molar-refractivity contribution is 0.0937. The first-order valence-electron chi connectivity index (χ1n) is 7.15. The number of nitrogens with one attached hydrogen (secondary N) is 1. The molecule has 18 heavy (non-hydrogen) atoms. The predicted octanol–water partition coefficient (Wildman–Crippen LogP) is 3.09. The fraction of sp³-hybridized carbons (Fsp3) is 0.562. The topological polar surface area (TPSA) is 29.1 Å². The molecule has 2 unspecified atom stereocenters.